The van der Waals surface area contributed by atoms with E-state index < -0.39 is 37.3 Å². The molecule has 0 bridgehead atoms. The molecule has 0 fully saturated rings. The third kappa shape index (κ3) is 5.23. The van der Waals surface area contributed by atoms with Crippen LogP contribution in [0.2, 0.25) is 5.02 Å². The minimum Gasteiger partial charge on any atom is -0.277 e. The first-order chi connectivity index (χ1) is 11.6. The predicted octanol–water partition coefficient (Wildman–Crippen LogP) is 1.26. The molecule has 134 valence electrons. The van der Waals surface area contributed by atoms with Crippen molar-refractivity contribution in [1.29, 1.82) is 0 Å². The first-order valence-electron chi connectivity index (χ1n) is 6.65. The van der Waals surface area contributed by atoms with Gasteiger partial charge < -0.3 is 0 Å². The van der Waals surface area contributed by atoms with Gasteiger partial charge in [0.05, 0.1) is 9.79 Å². The average molecular weight is 407 g/mol. The van der Waals surface area contributed by atoms with Gasteiger partial charge in [-0.05, 0) is 48.5 Å². The Morgan fingerprint density at radius 3 is 2.00 bits per heavy atom. The van der Waals surface area contributed by atoms with Crippen LogP contribution in [0, 0.1) is 5.82 Å². The number of amides is 1. The average Bonchev–Trinajstić information content (AvgIpc) is 2.53. The van der Waals surface area contributed by atoms with Crippen LogP contribution in [0.4, 0.5) is 4.39 Å². The molecule has 2 aromatic rings. The van der Waals surface area contributed by atoms with Crippen LogP contribution in [0.5, 0.6) is 0 Å². The third-order valence-electron chi connectivity index (χ3n) is 2.94. The van der Waals surface area contributed by atoms with Crippen LogP contribution >= 0.6 is 11.6 Å². The first kappa shape index (κ1) is 19.3. The van der Waals surface area contributed by atoms with Gasteiger partial charge in [-0.1, -0.05) is 11.6 Å². The largest absolute Gasteiger partial charge is 0.277 e. The standard InChI is InChI=1S/C14H12ClFN2O5S2/c15-10-1-5-12(6-2-10)24(20,21)9-14(19)17-18-25(22,23)13-7-3-11(16)4-8-13/h1-8,18H,9H2,(H,17,19). The molecule has 0 aromatic heterocycles. The van der Waals surface area contributed by atoms with Crippen molar-refractivity contribution in [2.45, 2.75) is 9.79 Å². The molecule has 0 saturated heterocycles. The Labute approximate surface area is 148 Å². The first-order valence-corrected chi connectivity index (χ1v) is 10.2. The number of benzene rings is 2. The van der Waals surface area contributed by atoms with Crippen molar-refractivity contribution in [3.63, 3.8) is 0 Å². The molecule has 0 heterocycles. The maximum Gasteiger partial charge on any atom is 0.257 e. The number of sulfone groups is 1. The highest BCUT2D eigenvalue weighted by Gasteiger charge is 2.21. The summed E-state index contributed by atoms with van der Waals surface area (Å²) in [6, 6.07) is 9.01. The Kier molecular flexibility index (Phi) is 5.78. The molecular weight excluding hydrogens is 395 g/mol. The lowest BCUT2D eigenvalue weighted by Crippen LogP contribution is -2.44. The second-order valence-electron chi connectivity index (χ2n) is 4.82. The molecule has 0 atom stereocenters. The molecule has 1 amide bonds. The lowest BCUT2D eigenvalue weighted by Gasteiger charge is -2.09. The van der Waals surface area contributed by atoms with E-state index in [2.05, 4.69) is 0 Å². The van der Waals surface area contributed by atoms with Gasteiger partial charge in [-0.15, -0.1) is 4.83 Å². The Balaban J connectivity index is 2.02. The fourth-order valence-corrected chi connectivity index (χ4v) is 3.85. The summed E-state index contributed by atoms with van der Waals surface area (Å²) in [5, 5.41) is 0.329. The number of hydrogen-bond acceptors (Lipinski definition) is 5. The number of rotatable bonds is 6. The zero-order chi connectivity index (χ0) is 18.7. The molecule has 0 aliphatic carbocycles. The van der Waals surface area contributed by atoms with E-state index in [9.17, 15) is 26.0 Å². The molecule has 7 nitrogen and oxygen atoms in total. The summed E-state index contributed by atoms with van der Waals surface area (Å²) in [6.45, 7) is 0. The monoisotopic (exact) mass is 406 g/mol. The Bertz CT molecular complexity index is 975. The summed E-state index contributed by atoms with van der Waals surface area (Å²) in [4.78, 5) is 13.0. The molecule has 11 heteroatoms. The van der Waals surface area contributed by atoms with Crippen molar-refractivity contribution in [1.82, 2.24) is 10.3 Å². The van der Waals surface area contributed by atoms with E-state index in [0.29, 0.717) is 5.02 Å². The van der Waals surface area contributed by atoms with Crippen LogP contribution in [-0.4, -0.2) is 28.5 Å². The van der Waals surface area contributed by atoms with E-state index in [1.54, 1.807) is 10.3 Å². The molecule has 0 spiro atoms. The molecular formula is C14H12ClFN2O5S2. The summed E-state index contributed by atoms with van der Waals surface area (Å²) in [7, 11) is -8.13. The Hall–Kier alpha value is -2.01. The van der Waals surface area contributed by atoms with Crippen molar-refractivity contribution in [3.8, 4) is 0 Å². The number of hydrogen-bond donors (Lipinski definition) is 2. The van der Waals surface area contributed by atoms with Crippen LogP contribution in [0.1, 0.15) is 0 Å². The maximum atomic E-state index is 12.8. The summed E-state index contributed by atoms with van der Waals surface area (Å²) < 4.78 is 60.7. The smallest absolute Gasteiger partial charge is 0.257 e. The van der Waals surface area contributed by atoms with Crippen molar-refractivity contribution < 1.29 is 26.0 Å². The molecule has 0 unspecified atom stereocenters. The minimum absolute atomic E-state index is 0.131. The lowest BCUT2D eigenvalue weighted by atomic mass is 10.4. The van der Waals surface area contributed by atoms with E-state index >= 15 is 0 Å². The molecule has 0 aliphatic heterocycles. The zero-order valence-corrected chi connectivity index (χ0v) is 14.8. The van der Waals surface area contributed by atoms with Gasteiger partial charge in [0, 0.05) is 5.02 Å². The van der Waals surface area contributed by atoms with Gasteiger partial charge >= 0.3 is 0 Å². The number of sulfonamides is 1. The summed E-state index contributed by atoms with van der Waals surface area (Å²) in [6.07, 6.45) is 0. The van der Waals surface area contributed by atoms with E-state index in [0.717, 1.165) is 24.3 Å². The molecule has 0 saturated carbocycles. The molecule has 2 aromatic carbocycles. The van der Waals surface area contributed by atoms with Crippen LogP contribution in [0.25, 0.3) is 0 Å². The van der Waals surface area contributed by atoms with Gasteiger partial charge in [-0.3, -0.25) is 10.2 Å². The van der Waals surface area contributed by atoms with Gasteiger partial charge in [0.25, 0.3) is 15.9 Å². The van der Waals surface area contributed by atoms with Crippen LogP contribution < -0.4 is 10.3 Å². The summed E-state index contributed by atoms with van der Waals surface area (Å²) >= 11 is 5.66. The highest BCUT2D eigenvalue weighted by molar-refractivity contribution is 7.92. The lowest BCUT2D eigenvalue weighted by molar-refractivity contribution is -0.119. The van der Waals surface area contributed by atoms with Crippen molar-refractivity contribution >= 4 is 37.4 Å². The highest BCUT2D eigenvalue weighted by atomic mass is 35.5. The molecule has 2 rings (SSSR count). The fraction of sp³-hybridized carbons (Fsp3) is 0.0714. The molecule has 0 radical (unpaired) electrons. The van der Waals surface area contributed by atoms with Gasteiger partial charge in [0.2, 0.25) is 0 Å². The number of carbonyl (C=O) groups is 1. The van der Waals surface area contributed by atoms with Gasteiger partial charge in [0.1, 0.15) is 11.6 Å². The molecule has 2 N–H and O–H groups in total. The van der Waals surface area contributed by atoms with E-state index in [1.165, 1.54) is 24.3 Å². The fourth-order valence-electron chi connectivity index (χ4n) is 1.73. The third-order valence-corrected chi connectivity index (χ3v) is 6.09. The number of halogens is 2. The second-order valence-corrected chi connectivity index (χ2v) is 8.93. The normalized spacial score (nSPS) is 11.9. The molecule has 0 aliphatic rings. The number of nitrogens with one attached hydrogen (secondary N) is 2. The number of carbonyl (C=O) groups excluding carboxylic acids is 1. The van der Waals surface area contributed by atoms with Crippen molar-refractivity contribution in [2.24, 2.45) is 0 Å². The van der Waals surface area contributed by atoms with Gasteiger partial charge in [-0.2, -0.15) is 0 Å². The van der Waals surface area contributed by atoms with Crippen LogP contribution in [0.15, 0.2) is 58.3 Å². The highest BCUT2D eigenvalue weighted by Crippen LogP contribution is 2.15. The van der Waals surface area contributed by atoms with Crippen molar-refractivity contribution in [3.05, 3.63) is 59.4 Å². The van der Waals surface area contributed by atoms with Crippen LogP contribution in [-0.2, 0) is 24.7 Å². The Morgan fingerprint density at radius 1 is 0.920 bits per heavy atom. The number of hydrazine groups is 1. The molecule has 25 heavy (non-hydrogen) atoms. The van der Waals surface area contributed by atoms with Crippen molar-refractivity contribution in [2.75, 3.05) is 5.75 Å². The van der Waals surface area contributed by atoms with Gasteiger partial charge in [-0.25, -0.2) is 21.2 Å². The second kappa shape index (κ2) is 7.48. The van der Waals surface area contributed by atoms with E-state index in [1.807, 2.05) is 0 Å². The topological polar surface area (TPSA) is 109 Å². The van der Waals surface area contributed by atoms with E-state index in [-0.39, 0.29) is 9.79 Å². The van der Waals surface area contributed by atoms with Crippen LogP contribution in [0.3, 0.4) is 0 Å². The Morgan fingerprint density at radius 2 is 1.44 bits per heavy atom. The maximum absolute atomic E-state index is 12.8. The summed E-state index contributed by atoms with van der Waals surface area (Å²) in [5.41, 5.74) is 1.80. The van der Waals surface area contributed by atoms with Gasteiger partial charge in [0.15, 0.2) is 9.84 Å². The minimum atomic E-state index is -4.16. The zero-order valence-electron chi connectivity index (χ0n) is 12.4. The van der Waals surface area contributed by atoms with E-state index in [4.69, 9.17) is 11.6 Å². The predicted molar refractivity (Wildman–Crippen MR) is 88.4 cm³/mol. The summed E-state index contributed by atoms with van der Waals surface area (Å²) in [5.74, 6) is -2.68. The quantitative estimate of drug-likeness (QED) is 0.702. The SMILES string of the molecule is O=C(CS(=O)(=O)c1ccc(Cl)cc1)NNS(=O)(=O)c1ccc(F)cc1.